The number of hydrogen-bond donors (Lipinski definition) is 1. The predicted octanol–water partition coefficient (Wildman–Crippen LogP) is 4.06. The van der Waals surface area contributed by atoms with Crippen molar-refractivity contribution in [2.45, 2.75) is 6.92 Å². The highest BCUT2D eigenvalue weighted by molar-refractivity contribution is 6.31. The molecule has 2 heterocycles. The highest BCUT2D eigenvalue weighted by Gasteiger charge is 2.20. The molecule has 8 heteroatoms. The molecule has 1 aromatic heterocycles. The molecule has 0 radical (unpaired) electrons. The van der Waals surface area contributed by atoms with Crippen molar-refractivity contribution < 1.29 is 9.18 Å². The van der Waals surface area contributed by atoms with Gasteiger partial charge in [-0.05, 0) is 49.0 Å². The Kier molecular flexibility index (Phi) is 6.01. The quantitative estimate of drug-likeness (QED) is 0.667. The average Bonchev–Trinajstić information content (AvgIpc) is 3.25. The minimum atomic E-state index is -0.360. The molecule has 0 bridgehead atoms. The predicted molar refractivity (Wildman–Crippen MR) is 117 cm³/mol. The smallest absolute Gasteiger partial charge is 0.276 e. The number of nitrogens with one attached hydrogen (secondary N) is 1. The van der Waals surface area contributed by atoms with E-state index < -0.39 is 0 Å². The molecule has 30 heavy (non-hydrogen) atoms. The maximum atomic E-state index is 13.5. The van der Waals surface area contributed by atoms with Crippen molar-refractivity contribution >= 4 is 28.9 Å². The van der Waals surface area contributed by atoms with Gasteiger partial charge in [-0.1, -0.05) is 24.6 Å². The number of likely N-dealkylation sites (N-methyl/N-ethyl adjacent to an activating group) is 1. The van der Waals surface area contributed by atoms with E-state index in [0.29, 0.717) is 16.4 Å². The topological polar surface area (TPSA) is 53.4 Å². The molecule has 3 aromatic rings. The van der Waals surface area contributed by atoms with Crippen LogP contribution >= 0.6 is 11.6 Å². The largest absolute Gasteiger partial charge is 0.367 e. The van der Waals surface area contributed by atoms with Gasteiger partial charge in [-0.25, -0.2) is 9.07 Å². The molecule has 1 fully saturated rings. The second-order valence-corrected chi connectivity index (χ2v) is 7.60. The number of nitrogens with zero attached hydrogens (tertiary/aromatic N) is 4. The lowest BCUT2D eigenvalue weighted by Gasteiger charge is -2.36. The summed E-state index contributed by atoms with van der Waals surface area (Å²) in [4.78, 5) is 17.5. The molecule has 1 aliphatic rings. The third-order valence-electron chi connectivity index (χ3n) is 5.26. The Morgan fingerprint density at radius 3 is 2.67 bits per heavy atom. The van der Waals surface area contributed by atoms with Crippen molar-refractivity contribution in [3.63, 3.8) is 0 Å². The van der Waals surface area contributed by atoms with Gasteiger partial charge in [0, 0.05) is 37.4 Å². The Labute approximate surface area is 179 Å². The van der Waals surface area contributed by atoms with Crippen LogP contribution < -0.4 is 10.2 Å². The highest BCUT2D eigenvalue weighted by Crippen LogP contribution is 2.30. The van der Waals surface area contributed by atoms with Crippen molar-refractivity contribution in [2.75, 3.05) is 42.9 Å². The Balaban J connectivity index is 1.53. The molecule has 0 aliphatic carbocycles. The maximum absolute atomic E-state index is 13.5. The summed E-state index contributed by atoms with van der Waals surface area (Å²) >= 11 is 6.20. The van der Waals surface area contributed by atoms with Gasteiger partial charge in [-0.3, -0.25) is 4.79 Å². The van der Waals surface area contributed by atoms with E-state index in [1.54, 1.807) is 30.5 Å². The molecular weight excluding hydrogens is 405 g/mol. The number of aromatic nitrogens is 2. The molecular formula is C22H23ClFN5O. The fourth-order valence-electron chi connectivity index (χ4n) is 3.58. The summed E-state index contributed by atoms with van der Waals surface area (Å²) in [5.41, 5.74) is 2.37. The fraction of sp³-hybridized carbons (Fsp3) is 0.273. The van der Waals surface area contributed by atoms with E-state index in [9.17, 15) is 9.18 Å². The van der Waals surface area contributed by atoms with Crippen LogP contribution in [0, 0.1) is 5.82 Å². The summed E-state index contributed by atoms with van der Waals surface area (Å²) in [6.45, 7) is 6.91. The number of halogens is 2. The molecule has 2 aromatic carbocycles. The maximum Gasteiger partial charge on any atom is 0.276 e. The molecule has 0 atom stereocenters. The number of carbonyl (C=O) groups excluding carboxylic acids is 1. The summed E-state index contributed by atoms with van der Waals surface area (Å²) in [5, 5.41) is 7.77. The lowest BCUT2D eigenvalue weighted by atomic mass is 10.2. The van der Waals surface area contributed by atoms with Gasteiger partial charge in [0.25, 0.3) is 5.91 Å². The number of benzene rings is 2. The lowest BCUT2D eigenvalue weighted by molar-refractivity contribution is 0.102. The number of carbonyl (C=O) groups is 1. The molecule has 1 saturated heterocycles. The zero-order valence-corrected chi connectivity index (χ0v) is 17.4. The first kappa shape index (κ1) is 20.4. The van der Waals surface area contributed by atoms with Gasteiger partial charge in [0.2, 0.25) is 0 Å². The van der Waals surface area contributed by atoms with Crippen molar-refractivity contribution in [2.24, 2.45) is 0 Å². The molecule has 4 rings (SSSR count). The fourth-order valence-corrected chi connectivity index (χ4v) is 3.76. The third kappa shape index (κ3) is 4.47. The van der Waals surface area contributed by atoms with E-state index in [1.165, 1.54) is 16.8 Å². The van der Waals surface area contributed by atoms with Gasteiger partial charge in [0.1, 0.15) is 5.82 Å². The average molecular weight is 428 g/mol. The van der Waals surface area contributed by atoms with Crippen LogP contribution in [0.25, 0.3) is 5.69 Å². The van der Waals surface area contributed by atoms with Crippen molar-refractivity contribution in [3.8, 4) is 5.69 Å². The van der Waals surface area contributed by atoms with Crippen LogP contribution in [-0.4, -0.2) is 53.3 Å². The number of anilines is 2. The lowest BCUT2D eigenvalue weighted by Crippen LogP contribution is -2.46. The summed E-state index contributed by atoms with van der Waals surface area (Å²) in [7, 11) is 0. The Bertz CT molecular complexity index is 1050. The third-order valence-corrected chi connectivity index (χ3v) is 5.50. The molecule has 1 aliphatic heterocycles. The van der Waals surface area contributed by atoms with Crippen molar-refractivity contribution in [1.82, 2.24) is 14.7 Å². The van der Waals surface area contributed by atoms with E-state index in [0.717, 1.165) is 38.4 Å². The van der Waals surface area contributed by atoms with Crippen molar-refractivity contribution in [1.29, 1.82) is 0 Å². The zero-order chi connectivity index (χ0) is 21.1. The van der Waals surface area contributed by atoms with E-state index in [4.69, 9.17) is 11.6 Å². The summed E-state index contributed by atoms with van der Waals surface area (Å²) in [5.74, 6) is -0.707. The SMILES string of the molecule is CCN1CCN(c2ccc(Cl)cc2NC(=O)c2ccn(-c3cccc(F)c3)n2)CC1. The summed E-state index contributed by atoms with van der Waals surface area (Å²) in [6.07, 6.45) is 1.63. The Hall–Kier alpha value is -2.90. The normalized spacial score (nSPS) is 14.7. The van der Waals surface area contributed by atoms with Crippen LogP contribution in [0.1, 0.15) is 17.4 Å². The molecule has 0 saturated carbocycles. The summed E-state index contributed by atoms with van der Waals surface area (Å²) in [6, 6.07) is 13.2. The van der Waals surface area contributed by atoms with Crippen molar-refractivity contribution in [3.05, 3.63) is 71.3 Å². The first-order chi connectivity index (χ1) is 14.5. The number of rotatable bonds is 5. The van der Waals surface area contributed by atoms with Gasteiger partial charge in [-0.15, -0.1) is 0 Å². The second kappa shape index (κ2) is 8.85. The molecule has 6 nitrogen and oxygen atoms in total. The van der Waals surface area contributed by atoms with Crippen LogP contribution in [0.5, 0.6) is 0 Å². The first-order valence-electron chi connectivity index (χ1n) is 9.93. The van der Waals surface area contributed by atoms with Crippen LogP contribution in [0.2, 0.25) is 5.02 Å². The van der Waals surface area contributed by atoms with E-state index >= 15 is 0 Å². The van der Waals surface area contributed by atoms with E-state index in [-0.39, 0.29) is 17.4 Å². The second-order valence-electron chi connectivity index (χ2n) is 7.16. The van der Waals surface area contributed by atoms with Crippen LogP contribution in [0.4, 0.5) is 15.8 Å². The molecule has 0 unspecified atom stereocenters. The van der Waals surface area contributed by atoms with E-state index in [1.807, 2.05) is 12.1 Å². The minimum absolute atomic E-state index is 0.237. The molecule has 156 valence electrons. The van der Waals surface area contributed by atoms with Crippen LogP contribution in [0.15, 0.2) is 54.7 Å². The summed E-state index contributed by atoms with van der Waals surface area (Å²) < 4.78 is 14.9. The number of hydrogen-bond acceptors (Lipinski definition) is 4. The Morgan fingerprint density at radius 2 is 1.93 bits per heavy atom. The molecule has 1 amide bonds. The Morgan fingerprint density at radius 1 is 1.13 bits per heavy atom. The standard InChI is InChI=1S/C22H23ClFN5O/c1-2-27-10-12-28(13-11-27)21-7-6-16(23)14-20(21)25-22(30)19-8-9-29(26-19)18-5-3-4-17(24)15-18/h3-9,14-15H,2,10-13H2,1H3,(H,25,30). The van der Waals surface area contributed by atoms with Crippen LogP contribution in [0.3, 0.4) is 0 Å². The number of amides is 1. The van der Waals surface area contributed by atoms with E-state index in [2.05, 4.69) is 27.1 Å². The van der Waals surface area contributed by atoms with Gasteiger partial charge in [0.05, 0.1) is 17.1 Å². The zero-order valence-electron chi connectivity index (χ0n) is 16.7. The van der Waals surface area contributed by atoms with Crippen LogP contribution in [-0.2, 0) is 0 Å². The van der Waals surface area contributed by atoms with Gasteiger partial charge in [-0.2, -0.15) is 5.10 Å². The van der Waals surface area contributed by atoms with Gasteiger partial charge in [0.15, 0.2) is 5.69 Å². The van der Waals surface area contributed by atoms with Gasteiger partial charge < -0.3 is 15.1 Å². The molecule has 1 N–H and O–H groups in total. The first-order valence-corrected chi connectivity index (χ1v) is 10.3. The molecule has 0 spiro atoms. The van der Waals surface area contributed by atoms with Gasteiger partial charge >= 0.3 is 0 Å². The highest BCUT2D eigenvalue weighted by atomic mass is 35.5. The monoisotopic (exact) mass is 427 g/mol. The number of piperazine rings is 1. The minimum Gasteiger partial charge on any atom is -0.367 e.